The van der Waals surface area contributed by atoms with Crippen LogP contribution in [0, 0.1) is 6.20 Å². The van der Waals surface area contributed by atoms with Gasteiger partial charge in [0.15, 0.2) is 0 Å². The van der Waals surface area contributed by atoms with Crippen LogP contribution in [0.3, 0.4) is 0 Å². The van der Waals surface area contributed by atoms with E-state index in [0.717, 1.165) is 5.69 Å². The van der Waals surface area contributed by atoms with Gasteiger partial charge in [0, 0.05) is 6.42 Å². The van der Waals surface area contributed by atoms with Gasteiger partial charge in [-0.2, -0.15) is 4.98 Å². The second-order valence-corrected chi connectivity index (χ2v) is 2.81. The maximum atomic E-state index is 8.93. The second-order valence-electron chi connectivity index (χ2n) is 2.81. The molecule has 2 aromatic rings. The topological polar surface area (TPSA) is 48.9 Å². The lowest BCUT2D eigenvalue weighted by atomic mass is 10.1. The number of aromatic hydroxyl groups is 1. The van der Waals surface area contributed by atoms with Crippen LogP contribution in [0.25, 0.3) is 0 Å². The van der Waals surface area contributed by atoms with E-state index in [9.17, 15) is 0 Å². The van der Waals surface area contributed by atoms with Crippen molar-refractivity contribution < 1.29 is 5.11 Å². The molecule has 3 heteroatoms. The van der Waals surface area contributed by atoms with Crippen molar-refractivity contribution in [1.82, 2.24) is 9.97 Å². The van der Waals surface area contributed by atoms with Crippen molar-refractivity contribution in [3.8, 4) is 6.01 Å². The molecule has 13 heavy (non-hydrogen) atoms. The van der Waals surface area contributed by atoms with Crippen LogP contribution in [-0.4, -0.2) is 15.1 Å². The Morgan fingerprint density at radius 1 is 1.31 bits per heavy atom. The van der Waals surface area contributed by atoms with Crippen molar-refractivity contribution >= 4 is 0 Å². The van der Waals surface area contributed by atoms with Gasteiger partial charge >= 0.3 is 0 Å². The molecule has 0 saturated carbocycles. The van der Waals surface area contributed by atoms with Gasteiger partial charge in [0.25, 0.3) is 6.01 Å². The Morgan fingerprint density at radius 2 is 2.08 bits per heavy atom. The summed E-state index contributed by atoms with van der Waals surface area (Å²) in [5, 5.41) is 8.93. The minimum absolute atomic E-state index is 0.0778. The Hall–Kier alpha value is -1.77. The molecule has 0 unspecified atom stereocenters. The molecule has 65 valence electrons. The van der Waals surface area contributed by atoms with Gasteiger partial charge in [0.2, 0.25) is 0 Å². The molecule has 1 radical (unpaired) electrons. The van der Waals surface area contributed by atoms with Crippen molar-refractivity contribution in [2.45, 2.75) is 6.42 Å². The maximum absolute atomic E-state index is 8.93. The fourth-order valence-corrected chi connectivity index (χ4v) is 1.19. The zero-order valence-electron chi connectivity index (χ0n) is 6.99. The second kappa shape index (κ2) is 3.31. The first-order chi connectivity index (χ1) is 6.34. The van der Waals surface area contributed by atoms with Gasteiger partial charge < -0.3 is 10.1 Å². The van der Waals surface area contributed by atoms with Crippen molar-refractivity contribution in [2.24, 2.45) is 0 Å². The van der Waals surface area contributed by atoms with E-state index in [1.165, 1.54) is 5.56 Å². The average Bonchev–Trinajstić information content (AvgIpc) is 2.53. The number of hydrogen-bond acceptors (Lipinski definition) is 2. The quantitative estimate of drug-likeness (QED) is 0.723. The summed E-state index contributed by atoms with van der Waals surface area (Å²) in [5.41, 5.74) is 1.96. The number of benzene rings is 1. The number of H-pyrrole nitrogens is 1. The Labute approximate surface area is 76.1 Å². The van der Waals surface area contributed by atoms with Crippen LogP contribution in [0.4, 0.5) is 0 Å². The molecule has 2 N–H and O–H groups in total. The highest BCUT2D eigenvalue weighted by Gasteiger charge is 1.99. The molecule has 1 heterocycles. The van der Waals surface area contributed by atoms with Crippen LogP contribution in [0.5, 0.6) is 6.01 Å². The fourth-order valence-electron chi connectivity index (χ4n) is 1.19. The Kier molecular flexibility index (Phi) is 2.00. The molecule has 1 aromatic heterocycles. The number of nitrogens with one attached hydrogen (secondary N) is 1. The molecule has 0 fully saturated rings. The first-order valence-corrected chi connectivity index (χ1v) is 4.04. The van der Waals surface area contributed by atoms with Gasteiger partial charge in [-0.1, -0.05) is 30.3 Å². The molecule has 0 spiro atoms. The summed E-state index contributed by atoms with van der Waals surface area (Å²) in [6.07, 6.45) is 3.42. The van der Waals surface area contributed by atoms with Crippen LogP contribution in [-0.2, 0) is 6.42 Å². The lowest BCUT2D eigenvalue weighted by molar-refractivity contribution is 0.435. The number of nitrogens with zero attached hydrogens (tertiary/aromatic N) is 1. The molecule has 0 aliphatic heterocycles. The van der Waals surface area contributed by atoms with Gasteiger partial charge in [-0.3, -0.25) is 0 Å². The smallest absolute Gasteiger partial charge is 0.291 e. The summed E-state index contributed by atoms with van der Waals surface area (Å²) < 4.78 is 0. The van der Waals surface area contributed by atoms with E-state index < -0.39 is 0 Å². The molecule has 1 aromatic carbocycles. The summed E-state index contributed by atoms with van der Waals surface area (Å²) in [4.78, 5) is 6.30. The largest absolute Gasteiger partial charge is 0.480 e. The van der Waals surface area contributed by atoms with Crippen LogP contribution >= 0.6 is 0 Å². The zero-order valence-corrected chi connectivity index (χ0v) is 6.99. The Bertz CT molecular complexity index is 381. The number of imidazole rings is 1. The van der Waals surface area contributed by atoms with Gasteiger partial charge in [0.05, 0.1) is 5.69 Å². The van der Waals surface area contributed by atoms with E-state index in [0.29, 0.717) is 6.42 Å². The van der Waals surface area contributed by atoms with Gasteiger partial charge in [-0.05, 0) is 5.56 Å². The average molecular weight is 173 g/mol. The van der Waals surface area contributed by atoms with Crippen LogP contribution < -0.4 is 0 Å². The molecule has 0 aliphatic rings. The molecular formula is C10H9N2O. The SMILES string of the molecule is Oc1n[c]c(Cc2ccccc2)[nH]1. The highest BCUT2D eigenvalue weighted by atomic mass is 16.3. The third-order valence-corrected chi connectivity index (χ3v) is 1.78. The van der Waals surface area contributed by atoms with Gasteiger partial charge in [-0.15, -0.1) is 0 Å². The Balaban J connectivity index is 2.15. The van der Waals surface area contributed by atoms with Crippen molar-refractivity contribution in [3.05, 3.63) is 47.8 Å². The van der Waals surface area contributed by atoms with Crippen molar-refractivity contribution in [2.75, 3.05) is 0 Å². The van der Waals surface area contributed by atoms with E-state index in [4.69, 9.17) is 5.11 Å². The Morgan fingerprint density at radius 3 is 2.69 bits per heavy atom. The number of hydrogen-bond donors (Lipinski definition) is 2. The molecular weight excluding hydrogens is 164 g/mol. The monoisotopic (exact) mass is 173 g/mol. The molecule has 0 aliphatic carbocycles. The first-order valence-electron chi connectivity index (χ1n) is 4.04. The van der Waals surface area contributed by atoms with E-state index in [2.05, 4.69) is 16.2 Å². The number of aromatic amines is 1. The van der Waals surface area contributed by atoms with Crippen LogP contribution in [0.1, 0.15) is 11.3 Å². The molecule has 0 amide bonds. The van der Waals surface area contributed by atoms with E-state index in [1.807, 2.05) is 30.3 Å². The fraction of sp³-hybridized carbons (Fsp3) is 0.100. The number of rotatable bonds is 2. The van der Waals surface area contributed by atoms with Gasteiger partial charge in [-0.25, -0.2) is 0 Å². The van der Waals surface area contributed by atoms with Crippen molar-refractivity contribution in [1.29, 1.82) is 0 Å². The number of aromatic nitrogens is 2. The molecule has 2 rings (SSSR count). The van der Waals surface area contributed by atoms with Crippen LogP contribution in [0.15, 0.2) is 30.3 Å². The van der Waals surface area contributed by atoms with E-state index >= 15 is 0 Å². The first kappa shape index (κ1) is 7.86. The normalized spacial score (nSPS) is 10.2. The highest BCUT2D eigenvalue weighted by Crippen LogP contribution is 2.08. The minimum atomic E-state index is -0.0778. The predicted octanol–water partition coefficient (Wildman–Crippen LogP) is 1.51. The van der Waals surface area contributed by atoms with Crippen molar-refractivity contribution in [3.63, 3.8) is 0 Å². The van der Waals surface area contributed by atoms with Crippen LogP contribution in [0.2, 0.25) is 0 Å². The predicted molar refractivity (Wildman–Crippen MR) is 48.3 cm³/mol. The van der Waals surface area contributed by atoms with E-state index in [1.54, 1.807) is 0 Å². The lowest BCUT2D eigenvalue weighted by Crippen LogP contribution is -1.86. The minimum Gasteiger partial charge on any atom is -0.480 e. The molecule has 0 bridgehead atoms. The zero-order chi connectivity index (χ0) is 9.10. The summed E-state index contributed by atoms with van der Waals surface area (Å²) in [6.45, 7) is 0. The standard InChI is InChI=1S/C10H9N2O/c13-10-11-7-9(12-10)6-8-4-2-1-3-5-8/h1-5H,6H2,(H2,11,12,13). The summed E-state index contributed by atoms with van der Waals surface area (Å²) in [7, 11) is 0. The molecule has 0 saturated heterocycles. The molecule has 3 nitrogen and oxygen atoms in total. The third-order valence-electron chi connectivity index (χ3n) is 1.78. The van der Waals surface area contributed by atoms with E-state index in [-0.39, 0.29) is 6.01 Å². The highest BCUT2D eigenvalue weighted by molar-refractivity contribution is 5.20. The molecule has 0 atom stereocenters. The summed E-state index contributed by atoms with van der Waals surface area (Å²) >= 11 is 0. The summed E-state index contributed by atoms with van der Waals surface area (Å²) in [5.74, 6) is 0. The lowest BCUT2D eigenvalue weighted by Gasteiger charge is -1.95. The van der Waals surface area contributed by atoms with Gasteiger partial charge in [0.1, 0.15) is 6.20 Å². The third kappa shape index (κ3) is 1.87. The summed E-state index contributed by atoms with van der Waals surface area (Å²) in [6, 6.07) is 9.89. The maximum Gasteiger partial charge on any atom is 0.291 e.